The summed E-state index contributed by atoms with van der Waals surface area (Å²) in [6, 6.07) is 1.76. The van der Waals surface area contributed by atoms with Gasteiger partial charge in [0.2, 0.25) is 0 Å². The van der Waals surface area contributed by atoms with Crippen LogP contribution in [0.15, 0.2) is 16.2 Å². The Morgan fingerprint density at radius 3 is 2.40 bits per heavy atom. The number of aryl methyl sites for hydroxylation is 1. The van der Waals surface area contributed by atoms with Crippen molar-refractivity contribution < 1.29 is 4.74 Å². The minimum Gasteiger partial charge on any atom is -0.490 e. The van der Waals surface area contributed by atoms with Crippen LogP contribution in [0.2, 0.25) is 5.02 Å². The smallest absolute Gasteiger partial charge is 0.185 e. The molecule has 0 fully saturated rings. The second kappa shape index (κ2) is 13.8. The molecule has 0 atom stereocenters. The first-order chi connectivity index (χ1) is 14.7. The normalized spacial score (nSPS) is 12.1. The van der Waals surface area contributed by atoms with Crippen molar-refractivity contribution in [3.8, 4) is 5.75 Å². The van der Waals surface area contributed by atoms with Gasteiger partial charge in [-0.1, -0.05) is 88.7 Å². The van der Waals surface area contributed by atoms with Gasteiger partial charge in [-0.2, -0.15) is 5.11 Å². The van der Waals surface area contributed by atoms with Gasteiger partial charge in [0, 0.05) is 13.1 Å². The van der Waals surface area contributed by atoms with Gasteiger partial charge in [0.05, 0.1) is 17.1 Å². The van der Waals surface area contributed by atoms with Gasteiger partial charge in [-0.3, -0.25) is 4.99 Å². The van der Waals surface area contributed by atoms with Crippen LogP contribution in [0.4, 0.5) is 5.69 Å². The third-order valence-corrected chi connectivity index (χ3v) is 6.60. The Bertz CT molecular complexity index is 859. The Hall–Kier alpha value is -1.40. The first-order valence-corrected chi connectivity index (χ1v) is 12.7. The molecular weight excluding hydrogens is 416 g/mol. The predicted molar refractivity (Wildman–Crippen MR) is 129 cm³/mol. The maximum Gasteiger partial charge on any atom is 0.185 e. The van der Waals surface area contributed by atoms with Gasteiger partial charge in [0.25, 0.3) is 0 Å². The molecule has 1 N–H and O–H groups in total. The van der Waals surface area contributed by atoms with E-state index in [1.54, 1.807) is 17.4 Å². The highest BCUT2D eigenvalue weighted by molar-refractivity contribution is 7.17. The Balaban J connectivity index is 2.34. The molecule has 0 saturated carbocycles. The topological polar surface area (TPSA) is 62.7 Å². The molecule has 0 saturated heterocycles. The summed E-state index contributed by atoms with van der Waals surface area (Å²) in [5.74, 6) is 0.685. The lowest BCUT2D eigenvalue weighted by Gasteiger charge is -2.12. The van der Waals surface area contributed by atoms with Gasteiger partial charge in [-0.05, 0) is 25.3 Å². The van der Waals surface area contributed by atoms with Crippen molar-refractivity contribution in [2.24, 2.45) is 10.1 Å². The van der Waals surface area contributed by atoms with Gasteiger partial charge in [-0.15, -0.1) is 0 Å². The molecule has 1 heterocycles. The van der Waals surface area contributed by atoms with Crippen LogP contribution in [0.1, 0.15) is 85.0 Å². The molecule has 2 rings (SSSR count). The number of benzene rings is 1. The molecular formula is C23H37ClN4OS. The van der Waals surface area contributed by atoms with Crippen molar-refractivity contribution in [3.05, 3.63) is 15.9 Å². The van der Waals surface area contributed by atoms with Crippen LogP contribution in [-0.2, 0) is 6.54 Å². The van der Waals surface area contributed by atoms with E-state index in [0.717, 1.165) is 60.2 Å². The average Bonchev–Trinajstić information content (AvgIpc) is 3.11. The zero-order valence-corrected chi connectivity index (χ0v) is 20.4. The molecule has 2 aromatic rings. The maximum atomic E-state index is 7.62. The molecule has 0 amide bonds. The highest BCUT2D eigenvalue weighted by Crippen LogP contribution is 2.42. The van der Waals surface area contributed by atoms with Crippen molar-refractivity contribution in [3.63, 3.8) is 0 Å². The van der Waals surface area contributed by atoms with E-state index in [9.17, 15) is 0 Å². The average molecular weight is 453 g/mol. The van der Waals surface area contributed by atoms with E-state index in [4.69, 9.17) is 26.9 Å². The van der Waals surface area contributed by atoms with E-state index in [2.05, 4.69) is 30.5 Å². The van der Waals surface area contributed by atoms with Crippen LogP contribution in [-0.4, -0.2) is 17.7 Å². The molecule has 1 aromatic heterocycles. The highest BCUT2D eigenvalue weighted by Gasteiger charge is 2.19. The molecule has 0 unspecified atom stereocenters. The third kappa shape index (κ3) is 6.81. The predicted octanol–water partition coefficient (Wildman–Crippen LogP) is 8.26. The van der Waals surface area contributed by atoms with Crippen molar-refractivity contribution >= 4 is 38.8 Å². The lowest BCUT2D eigenvalue weighted by atomic mass is 10.1. The molecule has 0 aliphatic carbocycles. The summed E-state index contributed by atoms with van der Waals surface area (Å²) in [5, 5.41) is 4.32. The van der Waals surface area contributed by atoms with Crippen LogP contribution in [0.25, 0.3) is 10.2 Å². The van der Waals surface area contributed by atoms with Gasteiger partial charge >= 0.3 is 0 Å². The summed E-state index contributed by atoms with van der Waals surface area (Å²) in [6.45, 7) is 8.94. The van der Waals surface area contributed by atoms with Gasteiger partial charge in [0.1, 0.15) is 10.4 Å². The number of rotatable bonds is 15. The van der Waals surface area contributed by atoms with Crippen LogP contribution in [0.3, 0.4) is 0 Å². The number of ether oxygens (including phenoxy) is 1. The van der Waals surface area contributed by atoms with Crippen LogP contribution >= 0.6 is 22.9 Å². The standard InChI is InChI=1S/C23H37ClN4OS/c1-4-7-10-11-12-13-16-29-21-19(27-25)17-18(24)20-22(21)30-23(26-14-8-5-2)28(20)15-9-6-3/h17,25H,4-16H2,1-3H3. The molecule has 0 aliphatic heterocycles. The maximum absolute atomic E-state index is 7.62. The zero-order chi connectivity index (χ0) is 21.8. The number of halogens is 1. The summed E-state index contributed by atoms with van der Waals surface area (Å²) in [7, 11) is 0. The largest absolute Gasteiger partial charge is 0.490 e. The SMILES string of the molecule is CCCCCCCCOc1c(N=N)cc(Cl)c2c1sc(=NCCCC)n2CCCC. The molecule has 0 bridgehead atoms. The van der Waals surface area contributed by atoms with Gasteiger partial charge in [0.15, 0.2) is 10.6 Å². The molecule has 168 valence electrons. The second-order valence-electron chi connectivity index (χ2n) is 7.74. The van der Waals surface area contributed by atoms with Crippen molar-refractivity contribution in [1.29, 1.82) is 5.53 Å². The second-order valence-corrected chi connectivity index (χ2v) is 9.12. The van der Waals surface area contributed by atoms with Crippen LogP contribution in [0.5, 0.6) is 5.75 Å². The number of nitrogens with zero attached hydrogens (tertiary/aromatic N) is 3. The summed E-state index contributed by atoms with van der Waals surface area (Å²) in [4.78, 5) is 5.84. The zero-order valence-electron chi connectivity index (χ0n) is 18.8. The van der Waals surface area contributed by atoms with E-state index in [0.29, 0.717) is 23.1 Å². The molecule has 0 aliphatic rings. The van der Waals surface area contributed by atoms with E-state index in [1.165, 1.54) is 32.1 Å². The van der Waals surface area contributed by atoms with E-state index >= 15 is 0 Å². The fraction of sp³-hybridized carbons (Fsp3) is 0.696. The first kappa shape index (κ1) is 24.9. The number of nitrogens with one attached hydrogen (secondary N) is 1. The summed E-state index contributed by atoms with van der Waals surface area (Å²) >= 11 is 8.26. The number of aromatic nitrogens is 1. The Labute approximate surface area is 190 Å². The Kier molecular flexibility index (Phi) is 11.4. The number of thiazole rings is 1. The highest BCUT2D eigenvalue weighted by atomic mass is 35.5. The van der Waals surface area contributed by atoms with Crippen LogP contribution < -0.4 is 9.54 Å². The lowest BCUT2D eigenvalue weighted by Crippen LogP contribution is -2.15. The third-order valence-electron chi connectivity index (χ3n) is 5.20. The summed E-state index contributed by atoms with van der Waals surface area (Å²) < 4.78 is 9.38. The fourth-order valence-corrected chi connectivity index (χ4v) is 4.99. The summed E-state index contributed by atoms with van der Waals surface area (Å²) in [6.07, 6.45) is 11.7. The molecule has 30 heavy (non-hydrogen) atoms. The molecule has 0 spiro atoms. The number of fused-ring (bicyclic) bond motifs is 1. The fourth-order valence-electron chi connectivity index (χ4n) is 3.43. The van der Waals surface area contributed by atoms with Crippen LogP contribution in [0, 0.1) is 5.53 Å². The monoisotopic (exact) mass is 452 g/mol. The van der Waals surface area contributed by atoms with E-state index in [1.807, 2.05) is 0 Å². The Morgan fingerprint density at radius 2 is 1.70 bits per heavy atom. The number of unbranched alkanes of at least 4 members (excludes halogenated alkanes) is 7. The van der Waals surface area contributed by atoms with E-state index in [-0.39, 0.29) is 0 Å². The number of hydrogen-bond donors (Lipinski definition) is 1. The van der Waals surface area contributed by atoms with Crippen molar-refractivity contribution in [2.75, 3.05) is 13.2 Å². The quantitative estimate of drug-likeness (QED) is 0.214. The van der Waals surface area contributed by atoms with Gasteiger partial charge in [-0.25, -0.2) is 5.53 Å². The van der Waals surface area contributed by atoms with Gasteiger partial charge < -0.3 is 9.30 Å². The molecule has 5 nitrogen and oxygen atoms in total. The summed E-state index contributed by atoms with van der Waals surface area (Å²) in [5.41, 5.74) is 9.09. The molecule has 7 heteroatoms. The minimum absolute atomic E-state index is 0.502. The first-order valence-electron chi connectivity index (χ1n) is 11.5. The Morgan fingerprint density at radius 1 is 1.00 bits per heavy atom. The van der Waals surface area contributed by atoms with Crippen molar-refractivity contribution in [2.45, 2.75) is 91.5 Å². The molecule has 0 radical (unpaired) electrons. The lowest BCUT2D eigenvalue weighted by molar-refractivity contribution is 0.309. The van der Waals surface area contributed by atoms with E-state index < -0.39 is 0 Å². The minimum atomic E-state index is 0.502. The molecule has 1 aromatic carbocycles. The van der Waals surface area contributed by atoms with Crippen molar-refractivity contribution in [1.82, 2.24) is 4.57 Å². The number of hydrogen-bond acceptors (Lipinski definition) is 5.